The van der Waals surface area contributed by atoms with Gasteiger partial charge in [-0.05, 0) is 125 Å². The highest BCUT2D eigenvalue weighted by Crippen LogP contribution is 2.32. The number of nitrogens with one attached hydrogen (secondary N) is 6. The van der Waals surface area contributed by atoms with Crippen LogP contribution in [0.5, 0.6) is 11.5 Å². The summed E-state index contributed by atoms with van der Waals surface area (Å²) in [6, 6.07) is 30.5. The van der Waals surface area contributed by atoms with Gasteiger partial charge in [0.15, 0.2) is 0 Å². The molecule has 4 amide bonds. The Morgan fingerprint density at radius 1 is 0.603 bits per heavy atom. The van der Waals surface area contributed by atoms with Gasteiger partial charge in [-0.3, -0.25) is 34.6 Å². The predicted molar refractivity (Wildman–Crippen MR) is 244 cm³/mol. The number of pyridine rings is 2. The lowest BCUT2D eigenvalue weighted by molar-refractivity contribution is -0.141. The fraction of sp³-hybridized carbons (Fsp3) is 0.306. The number of fused-ring (bicyclic) bond motifs is 2. The first-order chi connectivity index (χ1) is 32.8. The van der Waals surface area contributed by atoms with E-state index >= 15 is 0 Å². The summed E-state index contributed by atoms with van der Waals surface area (Å²) in [6.45, 7) is 2.88. The van der Waals surface area contributed by atoms with Gasteiger partial charge in [0.2, 0.25) is 11.8 Å². The highest BCUT2D eigenvalue weighted by atomic mass is 19.4. The smallest absolute Gasteiger partial charge is 0.433 e. The normalized spacial score (nSPS) is 15.2. The lowest BCUT2D eigenvalue weighted by Crippen LogP contribution is -2.56. The maximum atomic E-state index is 13.3. The monoisotopic (exact) mass is 936 g/mol. The van der Waals surface area contributed by atoms with Crippen molar-refractivity contribution in [1.29, 1.82) is 0 Å². The summed E-state index contributed by atoms with van der Waals surface area (Å²) in [7, 11) is 0. The van der Waals surface area contributed by atoms with Gasteiger partial charge in [-0.25, -0.2) is 15.9 Å². The molecule has 0 bridgehead atoms. The Morgan fingerprint density at radius 3 is 1.51 bits per heavy atom. The molecule has 356 valence electrons. The number of nitrogens with zero attached hydrogens (tertiary/aromatic N) is 2. The molecule has 0 atom stereocenters. The summed E-state index contributed by atoms with van der Waals surface area (Å²) in [5.41, 5.74) is 4.14. The van der Waals surface area contributed by atoms with Crippen molar-refractivity contribution < 1.29 is 52.2 Å². The minimum Gasteiger partial charge on any atom is -0.489 e. The number of carbonyl (C=O) groups is 4. The second-order valence-electron chi connectivity index (χ2n) is 16.7. The van der Waals surface area contributed by atoms with Crippen LogP contribution in [0.4, 0.5) is 13.2 Å². The molecule has 2 fully saturated rings. The standard InChI is InChI=1S/C25H25F3N4O4.C24H26N4O4/c26-25(27,28)21-13-17(19-3-1-2-4-20(19)30-21)15-36-18-7-5-16(6-8-18)23(34)31-24(14-22(33)32-35)9-11-29-12-10-24;29-22(28-31)15-24(10-13-25-14-11-24)27-23(30)17-5-7-19(8-6-17)32-16-18-9-12-26-21-4-2-1-3-20(18)21/h1-8,13,29,35H,9-12,14-15H2,(H,31,34)(H,32,33);1-9,12,25,31H,10-11,13-16H2,(H,27,30)(H,28,29). The van der Waals surface area contributed by atoms with E-state index in [-0.39, 0.29) is 36.8 Å². The van der Waals surface area contributed by atoms with Gasteiger partial charge < -0.3 is 30.7 Å². The zero-order valence-corrected chi connectivity index (χ0v) is 36.8. The highest BCUT2D eigenvalue weighted by Gasteiger charge is 2.38. The third kappa shape index (κ3) is 12.6. The van der Waals surface area contributed by atoms with E-state index in [4.69, 9.17) is 19.9 Å². The highest BCUT2D eigenvalue weighted by molar-refractivity contribution is 5.96. The maximum absolute atomic E-state index is 13.3. The first-order valence-electron chi connectivity index (χ1n) is 21.9. The number of hydrogen-bond donors (Lipinski definition) is 8. The minimum atomic E-state index is -4.59. The van der Waals surface area contributed by atoms with E-state index in [1.807, 2.05) is 30.3 Å². The van der Waals surface area contributed by atoms with Crippen molar-refractivity contribution >= 4 is 45.4 Å². The maximum Gasteiger partial charge on any atom is 0.433 e. The molecule has 68 heavy (non-hydrogen) atoms. The number of amides is 4. The van der Waals surface area contributed by atoms with Gasteiger partial charge in [0.1, 0.15) is 30.4 Å². The van der Waals surface area contributed by atoms with Crippen molar-refractivity contribution in [3.8, 4) is 11.5 Å². The van der Waals surface area contributed by atoms with Gasteiger partial charge >= 0.3 is 6.18 Å². The average Bonchev–Trinajstić information content (AvgIpc) is 3.35. The Kier molecular flexibility index (Phi) is 15.8. The number of benzene rings is 4. The van der Waals surface area contributed by atoms with E-state index < -0.39 is 34.8 Å². The third-order valence-electron chi connectivity index (χ3n) is 12.0. The first kappa shape index (κ1) is 48.7. The van der Waals surface area contributed by atoms with Crippen LogP contribution in [-0.2, 0) is 29.0 Å². The molecule has 0 aliphatic carbocycles. The van der Waals surface area contributed by atoms with Crippen LogP contribution >= 0.6 is 0 Å². The number of hydrogen-bond acceptors (Lipinski definition) is 12. The van der Waals surface area contributed by atoms with Gasteiger partial charge in [-0.2, -0.15) is 13.2 Å². The average molecular weight is 937 g/mol. The van der Waals surface area contributed by atoms with Crippen molar-refractivity contribution in [2.45, 2.75) is 69.0 Å². The van der Waals surface area contributed by atoms with Gasteiger partial charge in [0.05, 0.1) is 35.0 Å². The SMILES string of the molecule is O=C(CC1(NC(=O)c2ccc(OCc3cc(C(F)(F)F)nc4ccccc34)cc2)CCNCC1)NO.O=C(CC1(NC(=O)c2ccc(OCc3ccnc4ccccc34)cc2)CCNCC1)NO. The number of piperidine rings is 2. The number of carbonyl (C=O) groups excluding carboxylic acids is 4. The Hall–Kier alpha value is -7.19. The Labute approximate surface area is 388 Å². The Morgan fingerprint density at radius 2 is 1.04 bits per heavy atom. The Bertz CT molecular complexity index is 2710. The molecule has 8 rings (SSSR count). The van der Waals surface area contributed by atoms with E-state index in [1.54, 1.807) is 71.8 Å². The molecule has 16 nitrogen and oxygen atoms in total. The van der Waals surface area contributed by atoms with E-state index in [0.29, 0.717) is 92.0 Å². The van der Waals surface area contributed by atoms with Gasteiger partial charge in [-0.1, -0.05) is 36.4 Å². The van der Waals surface area contributed by atoms with Crippen molar-refractivity contribution in [3.05, 3.63) is 143 Å². The molecule has 2 aliphatic heterocycles. The zero-order chi connectivity index (χ0) is 48.2. The molecule has 4 heterocycles. The topological polar surface area (TPSA) is 225 Å². The summed E-state index contributed by atoms with van der Waals surface area (Å²) in [5, 5.41) is 31.8. The predicted octanol–water partition coefficient (Wildman–Crippen LogP) is 6.14. The number of hydroxylamine groups is 2. The van der Waals surface area contributed by atoms with Gasteiger partial charge in [0.25, 0.3) is 11.8 Å². The molecule has 2 aromatic heterocycles. The summed E-state index contributed by atoms with van der Waals surface area (Å²) in [4.78, 5) is 57.3. The summed E-state index contributed by atoms with van der Waals surface area (Å²) < 4.78 is 51.5. The van der Waals surface area contributed by atoms with Crippen LogP contribution in [0.1, 0.15) is 76.1 Å². The second-order valence-corrected chi connectivity index (χ2v) is 16.7. The molecule has 8 N–H and O–H groups in total. The molecule has 0 saturated carbocycles. The van der Waals surface area contributed by atoms with E-state index in [1.165, 1.54) is 18.2 Å². The van der Waals surface area contributed by atoms with Crippen molar-refractivity contribution in [3.63, 3.8) is 0 Å². The minimum absolute atomic E-state index is 0.0258. The van der Waals surface area contributed by atoms with Crippen LogP contribution < -0.4 is 41.7 Å². The quantitative estimate of drug-likeness (QED) is 0.0456. The lowest BCUT2D eigenvalue weighted by atomic mass is 9.84. The largest absolute Gasteiger partial charge is 0.489 e. The van der Waals surface area contributed by atoms with Crippen LogP contribution in [0, 0.1) is 0 Å². The van der Waals surface area contributed by atoms with Gasteiger partial charge in [-0.15, -0.1) is 0 Å². The van der Waals surface area contributed by atoms with Crippen LogP contribution in [-0.4, -0.2) is 81.3 Å². The molecule has 19 heteroatoms. The summed E-state index contributed by atoms with van der Waals surface area (Å²) >= 11 is 0. The molecular weight excluding hydrogens is 886 g/mol. The molecule has 6 aromatic rings. The molecule has 2 saturated heterocycles. The van der Waals surface area contributed by atoms with E-state index in [9.17, 15) is 32.3 Å². The summed E-state index contributed by atoms with van der Waals surface area (Å²) in [5.74, 6) is -0.720. The summed E-state index contributed by atoms with van der Waals surface area (Å²) in [6.07, 6.45) is -0.601. The fourth-order valence-electron chi connectivity index (χ4n) is 8.34. The number of ether oxygens (including phenoxy) is 2. The van der Waals surface area contributed by atoms with Crippen molar-refractivity contribution in [2.24, 2.45) is 0 Å². The Balaban J connectivity index is 0.000000203. The number of halogens is 3. The van der Waals surface area contributed by atoms with Gasteiger partial charge in [0, 0.05) is 39.2 Å². The van der Waals surface area contributed by atoms with Crippen molar-refractivity contribution in [1.82, 2.24) is 42.2 Å². The number of aromatic nitrogens is 2. The molecular formula is C49H51F3N8O8. The fourth-order valence-corrected chi connectivity index (χ4v) is 8.34. The molecule has 0 radical (unpaired) electrons. The number of alkyl halides is 3. The molecule has 0 unspecified atom stereocenters. The van der Waals surface area contributed by atoms with Crippen LogP contribution in [0.2, 0.25) is 0 Å². The van der Waals surface area contributed by atoms with Crippen molar-refractivity contribution in [2.75, 3.05) is 26.2 Å². The van der Waals surface area contributed by atoms with Crippen LogP contribution in [0.3, 0.4) is 0 Å². The molecule has 4 aromatic carbocycles. The third-order valence-corrected chi connectivity index (χ3v) is 12.0. The molecule has 0 spiro atoms. The first-order valence-corrected chi connectivity index (χ1v) is 21.9. The lowest BCUT2D eigenvalue weighted by Gasteiger charge is -2.37. The number of para-hydroxylation sites is 2. The van der Waals surface area contributed by atoms with Crippen LogP contribution in [0.25, 0.3) is 21.8 Å². The molecule has 2 aliphatic rings. The van der Waals surface area contributed by atoms with E-state index in [2.05, 4.69) is 31.2 Å². The zero-order valence-electron chi connectivity index (χ0n) is 36.8. The second kappa shape index (κ2) is 22.1. The number of rotatable bonds is 14. The van der Waals surface area contributed by atoms with Crippen LogP contribution in [0.15, 0.2) is 115 Å². The van der Waals surface area contributed by atoms with E-state index in [0.717, 1.165) is 22.5 Å².